The van der Waals surface area contributed by atoms with Crippen molar-refractivity contribution in [2.45, 2.75) is 13.3 Å². The van der Waals surface area contributed by atoms with Crippen molar-refractivity contribution in [3.05, 3.63) is 16.3 Å². The molecule has 3 nitrogen and oxygen atoms in total. The topological polar surface area (TPSA) is 49.0 Å². The van der Waals surface area contributed by atoms with Crippen LogP contribution in [0.3, 0.4) is 0 Å². The molecule has 1 heterocycles. The third-order valence-electron chi connectivity index (χ3n) is 1.33. The Balaban J connectivity index is 2.53. The van der Waals surface area contributed by atoms with E-state index in [2.05, 4.69) is 5.32 Å². The van der Waals surface area contributed by atoms with Crippen LogP contribution < -0.4 is 5.32 Å². The molecule has 1 amide bonds. The Hall–Kier alpha value is -1.03. The summed E-state index contributed by atoms with van der Waals surface area (Å²) in [7, 11) is 0. The van der Waals surface area contributed by atoms with E-state index >= 15 is 0 Å². The fourth-order valence-electron chi connectivity index (χ4n) is 0.764. The molecule has 65 valence electrons. The molecule has 1 N–H and O–H groups in total. The number of hydrogen-bond acceptors (Lipinski definition) is 2. The Kier molecular flexibility index (Phi) is 3.10. The second kappa shape index (κ2) is 4.11. The molecule has 1 radical (unpaired) electrons. The Morgan fingerprint density at radius 2 is 2.42 bits per heavy atom. The first-order valence-electron chi connectivity index (χ1n) is 3.77. The highest BCUT2D eigenvalue weighted by Gasteiger charge is 2.07. The molecule has 0 fully saturated rings. The summed E-state index contributed by atoms with van der Waals surface area (Å²) in [6.45, 7) is 2.64. The van der Waals surface area contributed by atoms with Gasteiger partial charge in [0.15, 0.2) is 5.75 Å². The summed E-state index contributed by atoms with van der Waals surface area (Å²) in [4.78, 5) is 11.7. The van der Waals surface area contributed by atoms with Gasteiger partial charge in [-0.25, -0.2) is 0 Å². The Labute approximate surface area is 75.0 Å². The number of carbonyl (C=O) groups is 1. The van der Waals surface area contributed by atoms with Crippen molar-refractivity contribution in [1.82, 2.24) is 5.32 Å². The molecule has 1 aromatic rings. The van der Waals surface area contributed by atoms with Crippen LogP contribution in [0.15, 0.2) is 11.4 Å². The second-order valence-electron chi connectivity index (χ2n) is 2.40. The Bertz CT molecular complexity index is 270. The summed E-state index contributed by atoms with van der Waals surface area (Å²) in [5, 5.41) is 14.8. The third kappa shape index (κ3) is 2.23. The van der Waals surface area contributed by atoms with Crippen LogP contribution in [0.1, 0.15) is 23.0 Å². The molecule has 0 aliphatic carbocycles. The van der Waals surface area contributed by atoms with E-state index in [9.17, 15) is 9.90 Å². The largest absolute Gasteiger partial charge is 0.351 e. The molecule has 1 rings (SSSR count). The normalized spacial score (nSPS) is 9.75. The van der Waals surface area contributed by atoms with E-state index in [0.717, 1.165) is 6.42 Å². The predicted octanol–water partition coefficient (Wildman–Crippen LogP) is 2.03. The number of nitrogens with one attached hydrogen (secondary N) is 1. The number of rotatable bonds is 3. The van der Waals surface area contributed by atoms with Gasteiger partial charge < -0.3 is 5.32 Å². The van der Waals surface area contributed by atoms with Crippen LogP contribution >= 0.6 is 11.3 Å². The van der Waals surface area contributed by atoms with E-state index in [4.69, 9.17) is 0 Å². The number of amides is 1. The van der Waals surface area contributed by atoms with Crippen molar-refractivity contribution >= 4 is 17.2 Å². The maximum atomic E-state index is 11.2. The lowest BCUT2D eigenvalue weighted by molar-refractivity contribution is 0.0957. The molecule has 0 aliphatic heterocycles. The van der Waals surface area contributed by atoms with Crippen LogP contribution in [0.25, 0.3) is 0 Å². The van der Waals surface area contributed by atoms with Crippen LogP contribution in [-0.4, -0.2) is 12.5 Å². The molecule has 0 aliphatic rings. The van der Waals surface area contributed by atoms with Crippen molar-refractivity contribution in [1.29, 1.82) is 0 Å². The molecule has 0 spiro atoms. The van der Waals surface area contributed by atoms with Crippen LogP contribution in [0.5, 0.6) is 5.75 Å². The number of thiophene rings is 1. The van der Waals surface area contributed by atoms with Gasteiger partial charge in [0.25, 0.3) is 5.91 Å². The molecular weight excluding hydrogens is 174 g/mol. The zero-order valence-electron chi connectivity index (χ0n) is 6.79. The van der Waals surface area contributed by atoms with Crippen molar-refractivity contribution in [3.63, 3.8) is 0 Å². The maximum Gasteiger partial charge on any atom is 0.261 e. The average Bonchev–Trinajstić information content (AvgIpc) is 2.47. The Morgan fingerprint density at radius 3 is 2.92 bits per heavy atom. The molecule has 0 saturated carbocycles. The lowest BCUT2D eigenvalue weighted by Crippen LogP contribution is -2.22. The minimum atomic E-state index is -0.149. The lowest BCUT2D eigenvalue weighted by Gasteiger charge is -1.98. The maximum absolute atomic E-state index is 11.2. The Morgan fingerprint density at radius 1 is 1.67 bits per heavy atom. The van der Waals surface area contributed by atoms with Gasteiger partial charge in [-0.1, -0.05) is 6.92 Å². The molecule has 0 aromatic carbocycles. The van der Waals surface area contributed by atoms with Crippen LogP contribution in [0.4, 0.5) is 0 Å². The molecule has 0 bridgehead atoms. The van der Waals surface area contributed by atoms with Crippen molar-refractivity contribution in [3.8, 4) is 5.75 Å². The van der Waals surface area contributed by atoms with Gasteiger partial charge in [-0.2, -0.15) is 0 Å². The highest BCUT2D eigenvalue weighted by atomic mass is 32.1. The summed E-state index contributed by atoms with van der Waals surface area (Å²) < 4.78 is 0. The SMILES string of the molecule is CCCNC(=O)c1cc([O])cs1. The highest BCUT2D eigenvalue weighted by molar-refractivity contribution is 7.12. The van der Waals surface area contributed by atoms with Crippen molar-refractivity contribution in [2.75, 3.05) is 6.54 Å². The van der Waals surface area contributed by atoms with Gasteiger partial charge in [0.2, 0.25) is 0 Å². The predicted molar refractivity (Wildman–Crippen MR) is 47.1 cm³/mol. The smallest absolute Gasteiger partial charge is 0.261 e. The molecule has 1 aromatic heterocycles. The van der Waals surface area contributed by atoms with Gasteiger partial charge in [0.05, 0.1) is 4.88 Å². The lowest BCUT2D eigenvalue weighted by atomic mass is 10.4. The number of carbonyl (C=O) groups excluding carboxylic acids is 1. The van der Waals surface area contributed by atoms with Crippen LogP contribution in [-0.2, 0) is 5.11 Å². The van der Waals surface area contributed by atoms with Crippen molar-refractivity contribution in [2.24, 2.45) is 0 Å². The first kappa shape index (κ1) is 9.06. The van der Waals surface area contributed by atoms with Crippen molar-refractivity contribution < 1.29 is 9.90 Å². The van der Waals surface area contributed by atoms with Gasteiger partial charge in [-0.05, 0) is 6.42 Å². The summed E-state index contributed by atoms with van der Waals surface area (Å²) in [5.74, 6) is -0.245. The summed E-state index contributed by atoms with van der Waals surface area (Å²) in [5.41, 5.74) is 0. The molecule has 0 unspecified atom stereocenters. The first-order valence-corrected chi connectivity index (χ1v) is 4.65. The number of hydrogen-bond donors (Lipinski definition) is 1. The van der Waals surface area contributed by atoms with Crippen LogP contribution in [0.2, 0.25) is 0 Å². The third-order valence-corrected chi connectivity index (χ3v) is 2.24. The molecular formula is C8H10NO2S. The fraction of sp³-hybridized carbons (Fsp3) is 0.375. The summed E-state index contributed by atoms with van der Waals surface area (Å²) in [6, 6.07) is 1.36. The molecule has 4 heteroatoms. The van der Waals surface area contributed by atoms with E-state index in [1.54, 1.807) is 0 Å². The highest BCUT2D eigenvalue weighted by Crippen LogP contribution is 2.19. The minimum absolute atomic E-state index is 0.0957. The molecule has 12 heavy (non-hydrogen) atoms. The van der Waals surface area contributed by atoms with Gasteiger partial charge in [-0.15, -0.1) is 11.3 Å². The quantitative estimate of drug-likeness (QED) is 0.767. The molecule has 0 saturated heterocycles. The van der Waals surface area contributed by atoms with E-state index in [1.807, 2.05) is 6.92 Å². The van der Waals surface area contributed by atoms with Gasteiger partial charge in [-0.3, -0.25) is 9.90 Å². The fourth-order valence-corrected chi connectivity index (χ4v) is 1.44. The van der Waals surface area contributed by atoms with E-state index < -0.39 is 0 Å². The van der Waals surface area contributed by atoms with E-state index in [-0.39, 0.29) is 11.7 Å². The average molecular weight is 184 g/mol. The minimum Gasteiger partial charge on any atom is -0.351 e. The van der Waals surface area contributed by atoms with Crippen LogP contribution in [0, 0.1) is 0 Å². The zero-order chi connectivity index (χ0) is 8.97. The van der Waals surface area contributed by atoms with E-state index in [0.29, 0.717) is 11.4 Å². The standard InChI is InChI=1S/C8H10NO2S/c1-2-3-9-8(11)7-4-6(10)5-12-7/h4-5H,2-3H2,1H3,(H,9,11). The first-order chi connectivity index (χ1) is 5.74. The van der Waals surface area contributed by atoms with Gasteiger partial charge in [0.1, 0.15) is 0 Å². The monoisotopic (exact) mass is 184 g/mol. The second-order valence-corrected chi connectivity index (χ2v) is 3.31. The summed E-state index contributed by atoms with van der Waals surface area (Å²) in [6.07, 6.45) is 0.904. The van der Waals surface area contributed by atoms with Gasteiger partial charge in [0, 0.05) is 18.0 Å². The zero-order valence-corrected chi connectivity index (χ0v) is 7.61. The van der Waals surface area contributed by atoms with E-state index in [1.165, 1.54) is 22.8 Å². The van der Waals surface area contributed by atoms with Gasteiger partial charge >= 0.3 is 0 Å². The summed E-state index contributed by atoms with van der Waals surface area (Å²) >= 11 is 1.18. The molecule has 0 atom stereocenters.